The summed E-state index contributed by atoms with van der Waals surface area (Å²) in [6.45, 7) is 6.00. The Morgan fingerprint density at radius 3 is 2.48 bits per heavy atom. The van der Waals surface area contributed by atoms with E-state index in [0.29, 0.717) is 17.5 Å². The summed E-state index contributed by atoms with van der Waals surface area (Å²) < 4.78 is 5.65. The van der Waals surface area contributed by atoms with Gasteiger partial charge in [0.2, 0.25) is 5.82 Å². The molecule has 8 heteroatoms. The second-order valence-corrected chi connectivity index (χ2v) is 6.25. The molecule has 0 unspecified atom stereocenters. The van der Waals surface area contributed by atoms with Crippen molar-refractivity contribution >= 4 is 17.3 Å². The van der Waals surface area contributed by atoms with E-state index in [4.69, 9.17) is 4.74 Å². The maximum Gasteiger partial charge on any atom is 0.373 e. The largest absolute Gasteiger partial charge is 0.434 e. The molecule has 3 aromatic rings. The summed E-state index contributed by atoms with van der Waals surface area (Å²) in [7, 11) is 0. The van der Waals surface area contributed by atoms with Crippen LogP contribution in [0.15, 0.2) is 48.8 Å². The number of rotatable bonds is 6. The summed E-state index contributed by atoms with van der Waals surface area (Å²) in [5.41, 5.74) is 1.57. The van der Waals surface area contributed by atoms with Gasteiger partial charge in [-0.2, -0.15) is 4.98 Å². The molecule has 3 rings (SSSR count). The highest BCUT2D eigenvalue weighted by molar-refractivity contribution is 5.67. The van der Waals surface area contributed by atoms with Crippen molar-refractivity contribution in [3.63, 3.8) is 0 Å². The van der Waals surface area contributed by atoms with Crippen molar-refractivity contribution in [1.82, 2.24) is 15.0 Å². The normalized spacial score (nSPS) is 10.7. The van der Waals surface area contributed by atoms with Gasteiger partial charge in [0.15, 0.2) is 0 Å². The average molecular weight is 365 g/mol. The van der Waals surface area contributed by atoms with Crippen LogP contribution in [0.25, 0.3) is 0 Å². The van der Waals surface area contributed by atoms with E-state index in [0.717, 1.165) is 11.3 Å². The molecule has 8 nitrogen and oxygen atoms in total. The summed E-state index contributed by atoms with van der Waals surface area (Å²) in [4.78, 5) is 23.2. The molecule has 1 N–H and O–H groups in total. The monoisotopic (exact) mass is 365 g/mol. The van der Waals surface area contributed by atoms with Crippen LogP contribution in [0.2, 0.25) is 0 Å². The fourth-order valence-corrected chi connectivity index (χ4v) is 2.46. The molecule has 0 aliphatic heterocycles. The third-order valence-electron chi connectivity index (χ3n) is 3.87. The molecule has 2 aromatic heterocycles. The molecule has 2 heterocycles. The zero-order valence-corrected chi connectivity index (χ0v) is 15.2. The minimum atomic E-state index is -0.573. The van der Waals surface area contributed by atoms with E-state index in [1.54, 1.807) is 24.3 Å². The molecule has 0 atom stereocenters. The lowest BCUT2D eigenvalue weighted by Crippen LogP contribution is -2.04. The maximum absolute atomic E-state index is 11.6. The van der Waals surface area contributed by atoms with E-state index < -0.39 is 4.92 Å². The van der Waals surface area contributed by atoms with Crippen LogP contribution in [0, 0.1) is 17.0 Å². The van der Waals surface area contributed by atoms with Crippen molar-refractivity contribution in [3.05, 3.63) is 70.2 Å². The van der Waals surface area contributed by atoms with Gasteiger partial charge in [-0.3, -0.25) is 10.1 Å². The molecular formula is C19H19N5O3. The number of hydrogen-bond acceptors (Lipinski definition) is 7. The molecule has 0 aliphatic carbocycles. The van der Waals surface area contributed by atoms with Gasteiger partial charge in [0.05, 0.1) is 4.92 Å². The number of hydrogen-bond donors (Lipinski definition) is 1. The number of aromatic nitrogens is 3. The molecule has 1 aromatic carbocycles. The predicted molar refractivity (Wildman–Crippen MR) is 102 cm³/mol. The van der Waals surface area contributed by atoms with Crippen molar-refractivity contribution in [1.29, 1.82) is 0 Å². The lowest BCUT2D eigenvalue weighted by Gasteiger charge is -2.10. The number of benzene rings is 1. The van der Waals surface area contributed by atoms with Crippen molar-refractivity contribution in [2.45, 2.75) is 26.7 Å². The van der Waals surface area contributed by atoms with Gasteiger partial charge in [0.1, 0.15) is 17.9 Å². The molecule has 138 valence electrons. The van der Waals surface area contributed by atoms with Crippen LogP contribution >= 0.6 is 0 Å². The van der Waals surface area contributed by atoms with Crippen molar-refractivity contribution in [3.8, 4) is 11.6 Å². The molecule has 0 aliphatic rings. The average Bonchev–Trinajstić information content (AvgIpc) is 2.62. The Kier molecular flexibility index (Phi) is 5.25. The van der Waals surface area contributed by atoms with Gasteiger partial charge in [-0.1, -0.05) is 32.0 Å². The van der Waals surface area contributed by atoms with Gasteiger partial charge < -0.3 is 10.1 Å². The first kappa shape index (κ1) is 18.2. The lowest BCUT2D eigenvalue weighted by atomic mass is 10.0. The Bertz CT molecular complexity index is 958. The van der Waals surface area contributed by atoms with Crippen LogP contribution in [-0.4, -0.2) is 19.9 Å². The van der Waals surface area contributed by atoms with E-state index in [9.17, 15) is 10.1 Å². The lowest BCUT2D eigenvalue weighted by molar-refractivity contribution is -0.385. The van der Waals surface area contributed by atoms with Crippen LogP contribution in [-0.2, 0) is 0 Å². The first-order valence-corrected chi connectivity index (χ1v) is 8.42. The summed E-state index contributed by atoms with van der Waals surface area (Å²) in [5, 5.41) is 14.5. The highest BCUT2D eigenvalue weighted by atomic mass is 16.6. The van der Waals surface area contributed by atoms with Crippen LogP contribution in [0.5, 0.6) is 11.6 Å². The first-order valence-electron chi connectivity index (χ1n) is 8.42. The van der Waals surface area contributed by atoms with Crippen molar-refractivity contribution in [2.24, 2.45) is 0 Å². The Labute approximate surface area is 156 Å². The third kappa shape index (κ3) is 4.35. The number of aryl methyl sites for hydroxylation is 1. The standard InChI is InChI=1S/C19H19N5O3/c1-12(2)14-7-9-15(10-8-14)27-19-17(24(25)26)18(20-11-21-19)23-16-6-4-5-13(3)22-16/h4-12H,1-3H3,(H,20,21,22,23). The Morgan fingerprint density at radius 2 is 1.85 bits per heavy atom. The molecular weight excluding hydrogens is 346 g/mol. The fraction of sp³-hybridized carbons (Fsp3) is 0.211. The van der Waals surface area contributed by atoms with Crippen LogP contribution in [0.1, 0.15) is 31.0 Å². The summed E-state index contributed by atoms with van der Waals surface area (Å²) in [6, 6.07) is 12.7. The third-order valence-corrected chi connectivity index (χ3v) is 3.87. The van der Waals surface area contributed by atoms with Gasteiger partial charge in [-0.05, 0) is 42.7 Å². The van der Waals surface area contributed by atoms with Crippen molar-refractivity contribution in [2.75, 3.05) is 5.32 Å². The van der Waals surface area contributed by atoms with Gasteiger partial charge >= 0.3 is 11.6 Å². The maximum atomic E-state index is 11.6. The summed E-state index contributed by atoms with van der Waals surface area (Å²) in [6.07, 6.45) is 1.21. The van der Waals surface area contributed by atoms with Gasteiger partial charge in [-0.25, -0.2) is 9.97 Å². The smallest absolute Gasteiger partial charge is 0.373 e. The zero-order valence-electron chi connectivity index (χ0n) is 15.2. The molecule has 0 spiro atoms. The molecule has 0 radical (unpaired) electrons. The minimum absolute atomic E-state index is 0.0156. The molecule has 0 amide bonds. The highest BCUT2D eigenvalue weighted by Gasteiger charge is 2.25. The first-order chi connectivity index (χ1) is 12.9. The molecule has 0 saturated heterocycles. The van der Waals surface area contributed by atoms with E-state index in [1.165, 1.54) is 6.33 Å². The van der Waals surface area contributed by atoms with Gasteiger partial charge in [-0.15, -0.1) is 0 Å². The number of anilines is 2. The quantitative estimate of drug-likeness (QED) is 0.496. The Morgan fingerprint density at radius 1 is 1.11 bits per heavy atom. The zero-order chi connectivity index (χ0) is 19.4. The number of nitrogens with zero attached hydrogens (tertiary/aromatic N) is 4. The van der Waals surface area contributed by atoms with E-state index >= 15 is 0 Å². The molecule has 0 saturated carbocycles. The van der Waals surface area contributed by atoms with Crippen LogP contribution in [0.3, 0.4) is 0 Å². The Hall–Kier alpha value is -3.55. The Balaban J connectivity index is 1.92. The second-order valence-electron chi connectivity index (χ2n) is 6.25. The minimum Gasteiger partial charge on any atom is -0.434 e. The SMILES string of the molecule is Cc1cccc(Nc2ncnc(Oc3ccc(C(C)C)cc3)c2[N+](=O)[O-])n1. The predicted octanol–water partition coefficient (Wildman–Crippen LogP) is 4.75. The van der Waals surface area contributed by atoms with E-state index in [-0.39, 0.29) is 17.4 Å². The van der Waals surface area contributed by atoms with Gasteiger partial charge in [0, 0.05) is 5.69 Å². The molecule has 0 bridgehead atoms. The summed E-state index contributed by atoms with van der Waals surface area (Å²) in [5.74, 6) is 1.17. The molecule has 27 heavy (non-hydrogen) atoms. The van der Waals surface area contributed by atoms with E-state index in [2.05, 4.69) is 34.1 Å². The van der Waals surface area contributed by atoms with Crippen LogP contribution < -0.4 is 10.1 Å². The van der Waals surface area contributed by atoms with Crippen molar-refractivity contribution < 1.29 is 9.66 Å². The van der Waals surface area contributed by atoms with E-state index in [1.807, 2.05) is 25.1 Å². The highest BCUT2D eigenvalue weighted by Crippen LogP contribution is 2.35. The van der Waals surface area contributed by atoms with Crippen LogP contribution in [0.4, 0.5) is 17.3 Å². The van der Waals surface area contributed by atoms with Gasteiger partial charge in [0.25, 0.3) is 0 Å². The number of nitrogens with one attached hydrogen (secondary N) is 1. The number of pyridine rings is 1. The summed E-state index contributed by atoms with van der Waals surface area (Å²) >= 11 is 0. The topological polar surface area (TPSA) is 103 Å². The number of ether oxygens (including phenoxy) is 1. The number of nitro groups is 1. The molecule has 0 fully saturated rings. The fourth-order valence-electron chi connectivity index (χ4n) is 2.46. The second kappa shape index (κ2) is 7.77.